The van der Waals surface area contributed by atoms with Crippen LogP contribution < -0.4 is 10.6 Å². The van der Waals surface area contributed by atoms with Crippen molar-refractivity contribution in [2.24, 2.45) is 0 Å². The highest BCUT2D eigenvalue weighted by molar-refractivity contribution is 6.30. The van der Waals surface area contributed by atoms with Crippen LogP contribution in [-0.4, -0.2) is 22.4 Å². The Bertz CT molecular complexity index is 963. The molecule has 0 aliphatic carbocycles. The van der Waals surface area contributed by atoms with Crippen LogP contribution in [-0.2, 0) is 13.0 Å². The van der Waals surface area contributed by atoms with E-state index in [2.05, 4.69) is 20.6 Å². The first-order valence-electron chi connectivity index (χ1n) is 8.87. The third kappa shape index (κ3) is 5.50. The van der Waals surface area contributed by atoms with Crippen LogP contribution >= 0.6 is 11.6 Å². The maximum atomic E-state index is 13.7. The number of amides is 1. The summed E-state index contributed by atoms with van der Waals surface area (Å²) in [6, 6.07) is 15.5. The topological polar surface area (TPSA) is 66.9 Å². The van der Waals surface area contributed by atoms with Crippen LogP contribution in [0.5, 0.6) is 0 Å². The number of anilines is 1. The monoisotopic (exact) mass is 398 g/mol. The minimum atomic E-state index is -0.294. The van der Waals surface area contributed by atoms with E-state index in [-0.39, 0.29) is 17.4 Å². The van der Waals surface area contributed by atoms with E-state index < -0.39 is 0 Å². The van der Waals surface area contributed by atoms with Crippen molar-refractivity contribution in [3.05, 3.63) is 88.0 Å². The quantitative estimate of drug-likeness (QED) is 0.627. The second-order valence-corrected chi connectivity index (χ2v) is 6.73. The zero-order chi connectivity index (χ0) is 19.9. The summed E-state index contributed by atoms with van der Waals surface area (Å²) < 4.78 is 13.7. The van der Waals surface area contributed by atoms with Crippen molar-refractivity contribution >= 4 is 23.5 Å². The van der Waals surface area contributed by atoms with Gasteiger partial charge < -0.3 is 10.6 Å². The molecule has 0 saturated heterocycles. The number of aromatic nitrogens is 2. The first-order chi connectivity index (χ1) is 13.5. The fraction of sp³-hybridized carbons (Fsp3) is 0.190. The molecule has 0 aliphatic rings. The van der Waals surface area contributed by atoms with Crippen molar-refractivity contribution in [2.45, 2.75) is 19.9 Å². The maximum Gasteiger partial charge on any atom is 0.270 e. The van der Waals surface area contributed by atoms with Crippen molar-refractivity contribution in [1.82, 2.24) is 15.3 Å². The number of hydrogen-bond donors (Lipinski definition) is 2. The van der Waals surface area contributed by atoms with Crippen LogP contribution in [0.25, 0.3) is 0 Å². The summed E-state index contributed by atoms with van der Waals surface area (Å²) in [5.74, 6) is -0.192. The standard InChI is InChI=1S/C21H20ClFN4O/c1-14-12-19(20(28)25-13-15-6-8-17(22)9-7-15)27-21(26-14)24-11-10-16-4-2-3-5-18(16)23/h2-9,12H,10-11,13H2,1H3,(H,25,28)(H,24,26,27). The fourth-order valence-electron chi connectivity index (χ4n) is 2.65. The summed E-state index contributed by atoms with van der Waals surface area (Å²) in [4.78, 5) is 21.0. The zero-order valence-electron chi connectivity index (χ0n) is 15.4. The van der Waals surface area contributed by atoms with Crippen LogP contribution in [0.3, 0.4) is 0 Å². The molecule has 0 atom stereocenters. The Labute approximate surface area is 168 Å². The molecule has 1 heterocycles. The van der Waals surface area contributed by atoms with Crippen molar-refractivity contribution in [3.8, 4) is 0 Å². The molecule has 144 valence electrons. The van der Waals surface area contributed by atoms with Gasteiger partial charge in [-0.05, 0) is 48.7 Å². The Balaban J connectivity index is 1.59. The fourth-order valence-corrected chi connectivity index (χ4v) is 2.78. The molecule has 3 aromatic rings. The molecule has 1 amide bonds. The highest BCUT2D eigenvalue weighted by Gasteiger charge is 2.11. The van der Waals surface area contributed by atoms with E-state index in [4.69, 9.17) is 11.6 Å². The molecular weight excluding hydrogens is 379 g/mol. The number of halogens is 2. The first-order valence-corrected chi connectivity index (χ1v) is 9.24. The molecule has 7 heteroatoms. The van der Waals surface area contributed by atoms with Gasteiger partial charge in [0.2, 0.25) is 5.95 Å². The Morgan fingerprint density at radius 2 is 1.86 bits per heavy atom. The SMILES string of the molecule is Cc1cc(C(=O)NCc2ccc(Cl)cc2)nc(NCCc2ccccc2F)n1. The molecule has 0 aliphatic heterocycles. The lowest BCUT2D eigenvalue weighted by Gasteiger charge is -2.09. The van der Waals surface area contributed by atoms with E-state index in [0.717, 1.165) is 5.56 Å². The van der Waals surface area contributed by atoms with Gasteiger partial charge in [-0.3, -0.25) is 4.79 Å². The van der Waals surface area contributed by atoms with Crippen molar-refractivity contribution in [2.75, 3.05) is 11.9 Å². The number of benzene rings is 2. The van der Waals surface area contributed by atoms with Crippen LogP contribution in [0.15, 0.2) is 54.6 Å². The van der Waals surface area contributed by atoms with Crippen LogP contribution in [0.2, 0.25) is 5.02 Å². The predicted octanol–water partition coefficient (Wildman–Crippen LogP) is 4.16. The number of nitrogens with one attached hydrogen (secondary N) is 2. The predicted molar refractivity (Wildman–Crippen MR) is 108 cm³/mol. The van der Waals surface area contributed by atoms with Crippen LogP contribution in [0, 0.1) is 12.7 Å². The Kier molecular flexibility index (Phi) is 6.55. The van der Waals surface area contributed by atoms with Gasteiger partial charge in [0.05, 0.1) is 0 Å². The van der Waals surface area contributed by atoms with Gasteiger partial charge in [0.1, 0.15) is 11.5 Å². The molecule has 28 heavy (non-hydrogen) atoms. The molecule has 2 aromatic carbocycles. The van der Waals surface area contributed by atoms with Crippen molar-refractivity contribution < 1.29 is 9.18 Å². The van der Waals surface area contributed by atoms with E-state index in [1.807, 2.05) is 12.1 Å². The molecular formula is C21H20ClFN4O. The normalized spacial score (nSPS) is 10.5. The molecule has 0 saturated carbocycles. The highest BCUT2D eigenvalue weighted by Crippen LogP contribution is 2.11. The van der Waals surface area contributed by atoms with Crippen molar-refractivity contribution in [1.29, 1.82) is 0 Å². The molecule has 2 N–H and O–H groups in total. The van der Waals surface area contributed by atoms with Gasteiger partial charge in [0.15, 0.2) is 0 Å². The summed E-state index contributed by atoms with van der Waals surface area (Å²) in [5.41, 5.74) is 2.49. The highest BCUT2D eigenvalue weighted by atomic mass is 35.5. The van der Waals surface area contributed by atoms with E-state index in [1.54, 1.807) is 43.3 Å². The van der Waals surface area contributed by atoms with E-state index >= 15 is 0 Å². The second kappa shape index (κ2) is 9.28. The van der Waals surface area contributed by atoms with E-state index in [9.17, 15) is 9.18 Å². The van der Waals surface area contributed by atoms with Gasteiger partial charge in [-0.25, -0.2) is 14.4 Å². The lowest BCUT2D eigenvalue weighted by atomic mass is 10.1. The Hall–Kier alpha value is -2.99. The number of rotatable bonds is 7. The van der Waals surface area contributed by atoms with Gasteiger partial charge in [-0.1, -0.05) is 41.9 Å². The smallest absolute Gasteiger partial charge is 0.270 e. The minimum absolute atomic E-state index is 0.239. The lowest BCUT2D eigenvalue weighted by molar-refractivity contribution is 0.0945. The average Bonchev–Trinajstić information content (AvgIpc) is 2.68. The van der Waals surface area contributed by atoms with Gasteiger partial charge in [-0.15, -0.1) is 0 Å². The van der Waals surface area contributed by atoms with E-state index in [0.29, 0.717) is 41.7 Å². The first kappa shape index (κ1) is 19.8. The Morgan fingerprint density at radius 3 is 2.61 bits per heavy atom. The maximum absolute atomic E-state index is 13.7. The Morgan fingerprint density at radius 1 is 1.11 bits per heavy atom. The molecule has 5 nitrogen and oxygen atoms in total. The summed E-state index contributed by atoms with van der Waals surface area (Å²) in [5, 5.41) is 6.53. The molecule has 1 aromatic heterocycles. The number of hydrogen-bond acceptors (Lipinski definition) is 4. The summed E-state index contributed by atoms with van der Waals surface area (Å²) >= 11 is 5.86. The van der Waals surface area contributed by atoms with Gasteiger partial charge >= 0.3 is 0 Å². The largest absolute Gasteiger partial charge is 0.354 e. The van der Waals surface area contributed by atoms with Gasteiger partial charge in [0, 0.05) is 23.8 Å². The van der Waals surface area contributed by atoms with E-state index in [1.165, 1.54) is 6.07 Å². The molecule has 0 radical (unpaired) electrons. The molecule has 3 rings (SSSR count). The molecule has 0 bridgehead atoms. The molecule has 0 spiro atoms. The third-order valence-electron chi connectivity index (χ3n) is 4.09. The minimum Gasteiger partial charge on any atom is -0.354 e. The lowest BCUT2D eigenvalue weighted by Crippen LogP contribution is -2.24. The number of nitrogens with zero attached hydrogens (tertiary/aromatic N) is 2. The van der Waals surface area contributed by atoms with Gasteiger partial charge in [-0.2, -0.15) is 0 Å². The van der Waals surface area contributed by atoms with Gasteiger partial charge in [0.25, 0.3) is 5.91 Å². The van der Waals surface area contributed by atoms with Crippen LogP contribution in [0.1, 0.15) is 27.3 Å². The molecule has 0 fully saturated rings. The number of carbonyl (C=O) groups excluding carboxylic acids is 1. The molecule has 0 unspecified atom stereocenters. The summed E-state index contributed by atoms with van der Waals surface area (Å²) in [6.45, 7) is 2.62. The number of aryl methyl sites for hydroxylation is 1. The zero-order valence-corrected chi connectivity index (χ0v) is 16.1. The third-order valence-corrected chi connectivity index (χ3v) is 4.34. The average molecular weight is 399 g/mol. The second-order valence-electron chi connectivity index (χ2n) is 6.30. The van der Waals surface area contributed by atoms with Crippen LogP contribution in [0.4, 0.5) is 10.3 Å². The summed E-state index contributed by atoms with van der Waals surface area (Å²) in [7, 11) is 0. The summed E-state index contributed by atoms with van der Waals surface area (Å²) in [6.07, 6.45) is 0.488. The number of carbonyl (C=O) groups is 1. The van der Waals surface area contributed by atoms with Crippen molar-refractivity contribution in [3.63, 3.8) is 0 Å².